The topological polar surface area (TPSA) is 88.7 Å². The molecule has 3 N–H and O–H groups in total. The number of carbonyl (C=O) groups excluding carboxylic acids is 2. The lowest BCUT2D eigenvalue weighted by molar-refractivity contribution is -0.115. The largest absolute Gasteiger partial charge is 0.497 e. The van der Waals surface area contributed by atoms with Crippen molar-refractivity contribution < 1.29 is 19.1 Å². The number of methoxy groups -OCH3 is 2. The van der Waals surface area contributed by atoms with E-state index in [2.05, 4.69) is 16.0 Å². The zero-order valence-corrected chi connectivity index (χ0v) is 16.3. The summed E-state index contributed by atoms with van der Waals surface area (Å²) in [7, 11) is 3.25. The molecule has 150 valence electrons. The van der Waals surface area contributed by atoms with E-state index in [4.69, 9.17) is 9.47 Å². The third-order valence-corrected chi connectivity index (χ3v) is 3.99. The Labute approximate surface area is 165 Å². The van der Waals surface area contributed by atoms with E-state index in [1.165, 1.54) is 0 Å². The molecule has 0 atom stereocenters. The van der Waals surface area contributed by atoms with Gasteiger partial charge in [0.25, 0.3) is 5.91 Å². The molecule has 0 heterocycles. The fourth-order valence-corrected chi connectivity index (χ4v) is 2.53. The molecule has 0 aliphatic rings. The van der Waals surface area contributed by atoms with Gasteiger partial charge in [0, 0.05) is 38.1 Å². The van der Waals surface area contributed by atoms with Gasteiger partial charge in [-0.15, -0.1) is 0 Å². The molecule has 0 saturated carbocycles. The Bertz CT molecular complexity index is 763. The quantitative estimate of drug-likeness (QED) is 0.516. The van der Waals surface area contributed by atoms with E-state index in [0.717, 1.165) is 17.7 Å². The lowest BCUT2D eigenvalue weighted by Gasteiger charge is -2.09. The summed E-state index contributed by atoms with van der Waals surface area (Å²) in [4.78, 5) is 24.3. The van der Waals surface area contributed by atoms with E-state index in [1.54, 1.807) is 38.5 Å². The standard InChI is InChI=1S/C21H27N3O4/c1-27-12-4-11-23-21(26)17-5-3-6-18(13-17)24-20(25)15-22-14-16-7-9-19(28-2)10-8-16/h3,5-10,13,22H,4,11-12,14-15H2,1-2H3,(H,23,26)(H,24,25). The van der Waals surface area contributed by atoms with Crippen molar-refractivity contribution in [2.75, 3.05) is 39.2 Å². The van der Waals surface area contributed by atoms with Crippen molar-refractivity contribution in [3.8, 4) is 5.75 Å². The Balaban J connectivity index is 1.77. The number of carbonyl (C=O) groups is 2. The Morgan fingerprint density at radius 1 is 1.04 bits per heavy atom. The minimum Gasteiger partial charge on any atom is -0.497 e. The second kappa shape index (κ2) is 11.7. The van der Waals surface area contributed by atoms with E-state index in [0.29, 0.717) is 30.9 Å². The van der Waals surface area contributed by atoms with Crippen LogP contribution in [-0.4, -0.2) is 45.7 Å². The summed E-state index contributed by atoms with van der Waals surface area (Å²) in [6, 6.07) is 14.5. The van der Waals surface area contributed by atoms with Gasteiger partial charge in [-0.1, -0.05) is 18.2 Å². The first kappa shape index (κ1) is 21.4. The summed E-state index contributed by atoms with van der Waals surface area (Å²) in [6.45, 7) is 1.87. The number of ether oxygens (including phenoxy) is 2. The van der Waals surface area contributed by atoms with Crippen LogP contribution in [0.15, 0.2) is 48.5 Å². The highest BCUT2D eigenvalue weighted by atomic mass is 16.5. The predicted molar refractivity (Wildman–Crippen MR) is 109 cm³/mol. The van der Waals surface area contributed by atoms with Crippen LogP contribution >= 0.6 is 0 Å². The van der Waals surface area contributed by atoms with Gasteiger partial charge in [-0.2, -0.15) is 0 Å². The van der Waals surface area contributed by atoms with Crippen LogP contribution in [0.2, 0.25) is 0 Å². The van der Waals surface area contributed by atoms with Crippen molar-refractivity contribution in [1.82, 2.24) is 10.6 Å². The minimum atomic E-state index is -0.176. The normalized spacial score (nSPS) is 10.4. The summed E-state index contributed by atoms with van der Waals surface area (Å²) in [5, 5.41) is 8.71. The molecule has 28 heavy (non-hydrogen) atoms. The van der Waals surface area contributed by atoms with Crippen molar-refractivity contribution >= 4 is 17.5 Å². The Morgan fingerprint density at radius 2 is 1.82 bits per heavy atom. The van der Waals surface area contributed by atoms with E-state index in [9.17, 15) is 9.59 Å². The van der Waals surface area contributed by atoms with Crippen LogP contribution in [0.1, 0.15) is 22.3 Å². The molecule has 7 heteroatoms. The molecule has 2 aromatic rings. The zero-order chi connectivity index (χ0) is 20.2. The van der Waals surface area contributed by atoms with Crippen LogP contribution in [0.4, 0.5) is 5.69 Å². The Morgan fingerprint density at radius 3 is 2.54 bits per heavy atom. The number of nitrogens with one attached hydrogen (secondary N) is 3. The summed E-state index contributed by atoms with van der Waals surface area (Å²) in [5.41, 5.74) is 2.14. The summed E-state index contributed by atoms with van der Waals surface area (Å²) in [5.74, 6) is 0.445. The lowest BCUT2D eigenvalue weighted by atomic mass is 10.2. The molecular weight excluding hydrogens is 358 g/mol. The molecule has 0 bridgehead atoms. The monoisotopic (exact) mass is 385 g/mol. The number of hydrogen-bond donors (Lipinski definition) is 3. The predicted octanol–water partition coefficient (Wildman–Crippen LogP) is 2.19. The van der Waals surface area contributed by atoms with Gasteiger partial charge in [-0.3, -0.25) is 9.59 Å². The molecule has 0 aliphatic heterocycles. The van der Waals surface area contributed by atoms with Gasteiger partial charge in [0.05, 0.1) is 13.7 Å². The summed E-state index contributed by atoms with van der Waals surface area (Å²) in [6.07, 6.45) is 0.749. The molecule has 2 aromatic carbocycles. The van der Waals surface area contributed by atoms with Crippen LogP contribution in [0.25, 0.3) is 0 Å². The third kappa shape index (κ3) is 7.38. The number of rotatable bonds is 11. The van der Waals surface area contributed by atoms with Gasteiger partial charge in [0.15, 0.2) is 0 Å². The number of amides is 2. The second-order valence-electron chi connectivity index (χ2n) is 6.18. The first-order valence-electron chi connectivity index (χ1n) is 9.13. The van der Waals surface area contributed by atoms with Gasteiger partial charge in [-0.25, -0.2) is 0 Å². The smallest absolute Gasteiger partial charge is 0.251 e. The Kier molecular flexibility index (Phi) is 8.97. The lowest BCUT2D eigenvalue weighted by Crippen LogP contribution is -2.28. The highest BCUT2D eigenvalue weighted by Crippen LogP contribution is 2.12. The van der Waals surface area contributed by atoms with E-state index in [-0.39, 0.29) is 18.4 Å². The average Bonchev–Trinajstić information content (AvgIpc) is 2.72. The van der Waals surface area contributed by atoms with Crippen molar-refractivity contribution in [3.63, 3.8) is 0 Å². The van der Waals surface area contributed by atoms with Gasteiger partial charge in [0.1, 0.15) is 5.75 Å². The van der Waals surface area contributed by atoms with Crippen LogP contribution in [0.5, 0.6) is 5.75 Å². The van der Waals surface area contributed by atoms with Crippen LogP contribution in [0.3, 0.4) is 0 Å². The zero-order valence-electron chi connectivity index (χ0n) is 16.3. The van der Waals surface area contributed by atoms with Gasteiger partial charge in [0.2, 0.25) is 5.91 Å². The first-order chi connectivity index (χ1) is 13.6. The second-order valence-corrected chi connectivity index (χ2v) is 6.18. The number of hydrogen-bond acceptors (Lipinski definition) is 5. The molecule has 0 aromatic heterocycles. The van der Waals surface area contributed by atoms with Crippen molar-refractivity contribution in [2.45, 2.75) is 13.0 Å². The highest BCUT2D eigenvalue weighted by molar-refractivity contribution is 5.97. The summed E-state index contributed by atoms with van der Waals surface area (Å²) < 4.78 is 10.1. The molecule has 0 spiro atoms. The van der Waals surface area contributed by atoms with Gasteiger partial charge in [-0.05, 0) is 42.3 Å². The molecule has 2 rings (SSSR count). The van der Waals surface area contributed by atoms with Crippen LogP contribution in [-0.2, 0) is 16.1 Å². The van der Waals surface area contributed by atoms with Gasteiger partial charge < -0.3 is 25.4 Å². The molecule has 0 fully saturated rings. The first-order valence-corrected chi connectivity index (χ1v) is 9.13. The minimum absolute atomic E-state index is 0.166. The maximum absolute atomic E-state index is 12.1. The van der Waals surface area contributed by atoms with Crippen LogP contribution < -0.4 is 20.7 Å². The van der Waals surface area contributed by atoms with E-state index in [1.807, 2.05) is 24.3 Å². The number of benzene rings is 2. The molecule has 0 saturated heterocycles. The van der Waals surface area contributed by atoms with Crippen molar-refractivity contribution in [3.05, 3.63) is 59.7 Å². The number of anilines is 1. The maximum Gasteiger partial charge on any atom is 0.251 e. The molecule has 7 nitrogen and oxygen atoms in total. The SMILES string of the molecule is COCCCNC(=O)c1cccc(NC(=O)CNCc2ccc(OC)cc2)c1. The maximum atomic E-state index is 12.1. The van der Waals surface area contributed by atoms with Crippen LogP contribution in [0, 0.1) is 0 Å². The summed E-state index contributed by atoms with van der Waals surface area (Å²) >= 11 is 0. The van der Waals surface area contributed by atoms with E-state index < -0.39 is 0 Å². The van der Waals surface area contributed by atoms with Gasteiger partial charge >= 0.3 is 0 Å². The molecule has 0 radical (unpaired) electrons. The fraction of sp³-hybridized carbons (Fsp3) is 0.333. The Hall–Kier alpha value is -2.90. The average molecular weight is 385 g/mol. The van der Waals surface area contributed by atoms with Crippen molar-refractivity contribution in [2.24, 2.45) is 0 Å². The molecule has 0 aliphatic carbocycles. The fourth-order valence-electron chi connectivity index (χ4n) is 2.53. The third-order valence-electron chi connectivity index (χ3n) is 3.99. The molecular formula is C21H27N3O4. The van der Waals surface area contributed by atoms with E-state index >= 15 is 0 Å². The van der Waals surface area contributed by atoms with Crippen molar-refractivity contribution in [1.29, 1.82) is 0 Å². The molecule has 2 amide bonds. The molecule has 0 unspecified atom stereocenters. The highest BCUT2D eigenvalue weighted by Gasteiger charge is 2.07.